The van der Waals surface area contributed by atoms with Crippen LogP contribution in [0.1, 0.15) is 0 Å². The molecule has 0 heterocycles. The van der Waals surface area contributed by atoms with E-state index in [1.807, 2.05) is 6.26 Å². The molecule has 1 amide bonds. The second-order valence-corrected chi connectivity index (χ2v) is 3.25. The molecule has 3 nitrogen and oxygen atoms in total. The predicted octanol–water partition coefficient (Wildman–Crippen LogP) is 1.36. The number of nitrogens with zero attached hydrogens (tertiary/aromatic N) is 1. The van der Waals surface area contributed by atoms with Gasteiger partial charge in [0, 0.05) is 7.05 Å². The zero-order chi connectivity index (χ0) is 8.85. The fraction of sp³-hybridized carbons (Fsp3) is 0.333. The van der Waals surface area contributed by atoms with E-state index in [-0.39, 0.29) is 10.5 Å². The lowest BCUT2D eigenvalue weighted by Crippen LogP contribution is -2.25. The number of nitrogens with one attached hydrogen (secondary N) is 1. The third-order valence-corrected chi connectivity index (χ3v) is 2.19. The lowest BCUT2D eigenvalue weighted by Gasteiger charge is -2.02. The maximum Gasteiger partial charge on any atom is 0.281 e. The Morgan fingerprint density at radius 2 is 2.27 bits per heavy atom. The van der Waals surface area contributed by atoms with Crippen LogP contribution in [0.3, 0.4) is 0 Å². The number of amides is 1. The van der Waals surface area contributed by atoms with Gasteiger partial charge in [-0.25, -0.2) is 0 Å². The summed E-state index contributed by atoms with van der Waals surface area (Å²) in [6.07, 6.45) is 1.83. The van der Waals surface area contributed by atoms with Crippen molar-refractivity contribution >= 4 is 38.2 Å². The Balaban J connectivity index is 3.98. The van der Waals surface area contributed by atoms with E-state index in [0.29, 0.717) is 5.03 Å². The van der Waals surface area contributed by atoms with Gasteiger partial charge in [-0.3, -0.25) is 9.79 Å². The molecule has 0 aromatic rings. The molecule has 0 unspecified atom stereocenters. The lowest BCUT2D eigenvalue weighted by atomic mass is 10.6. The molecular weight excluding hydrogens is 228 g/mol. The van der Waals surface area contributed by atoms with Crippen molar-refractivity contribution in [2.45, 2.75) is 0 Å². The molecule has 0 spiro atoms. The number of rotatable bonds is 3. The maximum absolute atomic E-state index is 11.0. The van der Waals surface area contributed by atoms with E-state index in [1.54, 1.807) is 0 Å². The summed E-state index contributed by atoms with van der Waals surface area (Å²) in [5.74, 6) is -0.271. The first-order valence-corrected chi connectivity index (χ1v) is 4.80. The molecule has 0 aliphatic heterocycles. The SMILES string of the molecule is C=C(NC(=O)C(Br)=NC)SC. The van der Waals surface area contributed by atoms with Crippen LogP contribution < -0.4 is 5.32 Å². The monoisotopic (exact) mass is 236 g/mol. The van der Waals surface area contributed by atoms with Crippen LogP contribution in [0.5, 0.6) is 0 Å². The smallest absolute Gasteiger partial charge is 0.281 e. The largest absolute Gasteiger partial charge is 0.315 e. The maximum atomic E-state index is 11.0. The van der Waals surface area contributed by atoms with Gasteiger partial charge in [-0.05, 0) is 22.2 Å². The average molecular weight is 237 g/mol. The van der Waals surface area contributed by atoms with E-state index in [4.69, 9.17) is 0 Å². The van der Waals surface area contributed by atoms with Gasteiger partial charge in [0.1, 0.15) is 0 Å². The van der Waals surface area contributed by atoms with Crippen molar-refractivity contribution in [3.63, 3.8) is 0 Å². The standard InChI is InChI=1S/C6H9BrN2OS/c1-4(11-3)9-6(10)5(7)8-2/h1H2,2-3H3,(H,9,10). The highest BCUT2D eigenvalue weighted by Crippen LogP contribution is 2.03. The zero-order valence-corrected chi connectivity index (χ0v) is 8.75. The van der Waals surface area contributed by atoms with Crippen molar-refractivity contribution in [2.75, 3.05) is 13.3 Å². The summed E-state index contributed by atoms with van der Waals surface area (Å²) in [5.41, 5.74) is 0. The van der Waals surface area contributed by atoms with Crippen LogP contribution in [-0.2, 0) is 4.79 Å². The van der Waals surface area contributed by atoms with Crippen molar-refractivity contribution in [1.29, 1.82) is 0 Å². The number of aliphatic imine (C=N–C) groups is 1. The molecule has 0 aliphatic carbocycles. The van der Waals surface area contributed by atoms with Crippen LogP contribution in [0.25, 0.3) is 0 Å². The third kappa shape index (κ3) is 4.21. The molecule has 0 aromatic heterocycles. The van der Waals surface area contributed by atoms with Crippen molar-refractivity contribution in [3.8, 4) is 0 Å². The van der Waals surface area contributed by atoms with E-state index in [9.17, 15) is 4.79 Å². The Kier molecular flexibility index (Phi) is 5.23. The summed E-state index contributed by atoms with van der Waals surface area (Å²) in [5, 5.41) is 3.14. The summed E-state index contributed by atoms with van der Waals surface area (Å²) in [7, 11) is 1.53. The molecule has 0 radical (unpaired) electrons. The number of thioether (sulfide) groups is 1. The minimum absolute atomic E-state index is 0.271. The van der Waals surface area contributed by atoms with Crippen LogP contribution in [-0.4, -0.2) is 23.8 Å². The van der Waals surface area contributed by atoms with Crippen molar-refractivity contribution in [3.05, 3.63) is 11.6 Å². The summed E-state index contributed by atoms with van der Waals surface area (Å²) >= 11 is 4.37. The highest BCUT2D eigenvalue weighted by molar-refractivity contribution is 9.19. The molecule has 0 aromatic carbocycles. The quantitative estimate of drug-likeness (QED) is 0.753. The lowest BCUT2D eigenvalue weighted by molar-refractivity contribution is -0.113. The molecule has 0 fully saturated rings. The van der Waals surface area contributed by atoms with Gasteiger partial charge in [0.15, 0.2) is 4.62 Å². The normalized spacial score (nSPS) is 11.0. The van der Waals surface area contributed by atoms with Gasteiger partial charge in [-0.1, -0.05) is 6.58 Å². The molecule has 11 heavy (non-hydrogen) atoms. The first kappa shape index (κ1) is 10.7. The molecular formula is C6H9BrN2OS. The number of halogens is 1. The molecule has 0 rings (SSSR count). The van der Waals surface area contributed by atoms with Gasteiger partial charge in [0.2, 0.25) is 0 Å². The predicted molar refractivity (Wildman–Crippen MR) is 53.1 cm³/mol. The topological polar surface area (TPSA) is 41.5 Å². The molecule has 0 saturated carbocycles. The Labute approximate surface area is 78.5 Å². The Bertz CT molecular complexity index is 203. The van der Waals surface area contributed by atoms with Gasteiger partial charge < -0.3 is 5.32 Å². The number of hydrogen-bond donors (Lipinski definition) is 1. The number of hydrogen-bond acceptors (Lipinski definition) is 3. The minimum atomic E-state index is -0.271. The number of carbonyl (C=O) groups excluding carboxylic acids is 1. The second-order valence-electron chi connectivity index (χ2n) is 1.60. The van der Waals surface area contributed by atoms with Crippen molar-refractivity contribution < 1.29 is 4.79 Å². The van der Waals surface area contributed by atoms with Crippen LogP contribution in [0.15, 0.2) is 16.6 Å². The number of carbonyl (C=O) groups is 1. The first-order valence-electron chi connectivity index (χ1n) is 2.78. The fourth-order valence-electron chi connectivity index (χ4n) is 0.331. The van der Waals surface area contributed by atoms with Gasteiger partial charge in [-0.2, -0.15) is 0 Å². The third-order valence-electron chi connectivity index (χ3n) is 0.883. The van der Waals surface area contributed by atoms with E-state index >= 15 is 0 Å². The second kappa shape index (κ2) is 5.37. The highest BCUT2D eigenvalue weighted by Gasteiger charge is 2.06. The van der Waals surface area contributed by atoms with E-state index < -0.39 is 0 Å². The molecule has 62 valence electrons. The fourth-order valence-corrected chi connectivity index (χ4v) is 0.625. The molecule has 1 N–H and O–H groups in total. The summed E-state index contributed by atoms with van der Waals surface area (Å²) < 4.78 is 0.271. The van der Waals surface area contributed by atoms with Crippen LogP contribution >= 0.6 is 27.7 Å². The minimum Gasteiger partial charge on any atom is -0.315 e. The summed E-state index contributed by atoms with van der Waals surface area (Å²) in [6.45, 7) is 3.59. The van der Waals surface area contributed by atoms with E-state index in [1.165, 1.54) is 18.8 Å². The Morgan fingerprint density at radius 3 is 2.64 bits per heavy atom. The van der Waals surface area contributed by atoms with Crippen LogP contribution in [0.4, 0.5) is 0 Å². The van der Waals surface area contributed by atoms with Crippen molar-refractivity contribution in [2.24, 2.45) is 4.99 Å². The summed E-state index contributed by atoms with van der Waals surface area (Å²) in [4.78, 5) is 14.6. The van der Waals surface area contributed by atoms with Crippen LogP contribution in [0.2, 0.25) is 0 Å². The Morgan fingerprint density at radius 1 is 1.73 bits per heavy atom. The summed E-state index contributed by atoms with van der Waals surface area (Å²) in [6, 6.07) is 0. The van der Waals surface area contributed by atoms with E-state index in [2.05, 4.69) is 32.8 Å². The van der Waals surface area contributed by atoms with Gasteiger partial charge >= 0.3 is 0 Å². The van der Waals surface area contributed by atoms with Gasteiger partial charge in [0.25, 0.3) is 5.91 Å². The molecule has 0 aliphatic rings. The Hall–Kier alpha value is -0.290. The van der Waals surface area contributed by atoms with Gasteiger partial charge in [-0.15, -0.1) is 11.8 Å². The van der Waals surface area contributed by atoms with E-state index in [0.717, 1.165) is 0 Å². The van der Waals surface area contributed by atoms with Gasteiger partial charge in [0.05, 0.1) is 5.03 Å². The zero-order valence-electron chi connectivity index (χ0n) is 6.35. The molecule has 0 saturated heterocycles. The molecule has 0 atom stereocenters. The highest BCUT2D eigenvalue weighted by atomic mass is 79.9. The van der Waals surface area contributed by atoms with Crippen LogP contribution in [0, 0.1) is 0 Å². The first-order chi connectivity index (χ1) is 5.11. The molecule has 0 bridgehead atoms. The molecule has 5 heteroatoms. The van der Waals surface area contributed by atoms with Crippen molar-refractivity contribution in [1.82, 2.24) is 5.32 Å². The average Bonchev–Trinajstić information content (AvgIpc) is 2.02.